The number of thioether (sulfide) groups is 1. The van der Waals surface area contributed by atoms with Crippen LogP contribution in [0.25, 0.3) is 0 Å². The van der Waals surface area contributed by atoms with E-state index >= 15 is 0 Å². The van der Waals surface area contributed by atoms with Crippen LogP contribution in [0.1, 0.15) is 58.0 Å². The Morgan fingerprint density at radius 2 is 1.64 bits per heavy atom. The first-order valence-electron chi connectivity index (χ1n) is 11.6. The number of carbonyl (C=O) groups excluding carboxylic acids is 1. The summed E-state index contributed by atoms with van der Waals surface area (Å²) in [4.78, 5) is 14.8. The fourth-order valence-electron chi connectivity index (χ4n) is 5.15. The molecule has 33 heavy (non-hydrogen) atoms. The van der Waals surface area contributed by atoms with Gasteiger partial charge in [0.2, 0.25) is 0 Å². The van der Waals surface area contributed by atoms with Gasteiger partial charge in [-0.2, -0.15) is 0 Å². The van der Waals surface area contributed by atoms with Gasteiger partial charge in [0, 0.05) is 16.7 Å². The van der Waals surface area contributed by atoms with E-state index < -0.39 is 0 Å². The molecular weight excluding hydrogens is 436 g/mol. The number of benzene rings is 3. The van der Waals surface area contributed by atoms with Crippen molar-refractivity contribution in [3.05, 3.63) is 107 Å². The zero-order valence-corrected chi connectivity index (χ0v) is 19.3. The maximum atomic E-state index is 14.2. The summed E-state index contributed by atoms with van der Waals surface area (Å²) >= 11 is 1.98. The standard InChI is InChI=1S/C28H27F2NOS/c29-22-10-8-20(9-11-22)26(32)7-4-16-31-17-14-28(15-18-31)25-19-23(30)12-13-24(25)27(33-28)21-5-2-1-3-6-21/h1-3,5-6,8-13,19,27H,4,7,14-18H2. The second-order valence-electron chi connectivity index (χ2n) is 9.01. The Morgan fingerprint density at radius 1 is 0.939 bits per heavy atom. The highest BCUT2D eigenvalue weighted by Gasteiger charge is 2.46. The number of halogens is 2. The van der Waals surface area contributed by atoms with Crippen molar-refractivity contribution >= 4 is 17.5 Å². The van der Waals surface area contributed by atoms with E-state index in [2.05, 4.69) is 29.2 Å². The molecule has 2 aliphatic rings. The van der Waals surface area contributed by atoms with E-state index in [-0.39, 0.29) is 27.4 Å². The van der Waals surface area contributed by atoms with Crippen molar-refractivity contribution in [2.24, 2.45) is 0 Å². The number of Topliss-reactive ketones (excluding diaryl/α,β-unsaturated/α-hetero) is 1. The Labute approximate surface area is 198 Å². The Morgan fingerprint density at radius 3 is 2.36 bits per heavy atom. The third kappa shape index (κ3) is 4.62. The van der Waals surface area contributed by atoms with Crippen molar-refractivity contribution in [3.63, 3.8) is 0 Å². The monoisotopic (exact) mass is 463 g/mol. The van der Waals surface area contributed by atoms with Gasteiger partial charge in [0.05, 0.1) is 5.25 Å². The lowest BCUT2D eigenvalue weighted by Gasteiger charge is -2.39. The molecule has 1 fully saturated rings. The number of fused-ring (bicyclic) bond motifs is 2. The van der Waals surface area contributed by atoms with E-state index in [1.165, 1.54) is 23.3 Å². The molecule has 0 N–H and O–H groups in total. The predicted octanol–water partition coefficient (Wildman–Crippen LogP) is 6.76. The van der Waals surface area contributed by atoms with Gasteiger partial charge < -0.3 is 4.90 Å². The van der Waals surface area contributed by atoms with E-state index in [1.807, 2.05) is 23.9 Å². The van der Waals surface area contributed by atoms with Crippen molar-refractivity contribution < 1.29 is 13.6 Å². The molecule has 5 heteroatoms. The van der Waals surface area contributed by atoms with Crippen molar-refractivity contribution in [1.29, 1.82) is 0 Å². The molecule has 0 saturated carbocycles. The van der Waals surface area contributed by atoms with Crippen molar-refractivity contribution in [2.45, 2.75) is 35.7 Å². The molecule has 0 amide bonds. The molecule has 1 atom stereocenters. The van der Waals surface area contributed by atoms with Crippen LogP contribution in [-0.2, 0) is 4.75 Å². The van der Waals surface area contributed by atoms with Crippen LogP contribution in [0.3, 0.4) is 0 Å². The molecule has 0 aliphatic carbocycles. The van der Waals surface area contributed by atoms with Gasteiger partial charge in [-0.25, -0.2) is 8.78 Å². The summed E-state index contributed by atoms with van der Waals surface area (Å²) < 4.78 is 27.2. The van der Waals surface area contributed by atoms with Gasteiger partial charge in [-0.05, 0) is 92.0 Å². The van der Waals surface area contributed by atoms with Crippen LogP contribution < -0.4 is 0 Å². The zero-order valence-electron chi connectivity index (χ0n) is 18.5. The highest BCUT2D eigenvalue weighted by Crippen LogP contribution is 2.61. The second kappa shape index (κ2) is 9.40. The molecule has 2 aliphatic heterocycles. The molecule has 170 valence electrons. The summed E-state index contributed by atoms with van der Waals surface area (Å²) in [5.74, 6) is -0.427. The Kier molecular flexibility index (Phi) is 6.35. The minimum absolute atomic E-state index is 0.0572. The van der Waals surface area contributed by atoms with Gasteiger partial charge in [-0.1, -0.05) is 36.4 Å². The number of piperidine rings is 1. The van der Waals surface area contributed by atoms with Crippen molar-refractivity contribution in [3.8, 4) is 0 Å². The van der Waals surface area contributed by atoms with Crippen molar-refractivity contribution in [1.82, 2.24) is 4.90 Å². The highest BCUT2D eigenvalue weighted by molar-refractivity contribution is 8.01. The average Bonchev–Trinajstić information content (AvgIpc) is 3.14. The van der Waals surface area contributed by atoms with Gasteiger partial charge in [0.15, 0.2) is 5.78 Å². The quantitative estimate of drug-likeness (QED) is 0.377. The predicted molar refractivity (Wildman–Crippen MR) is 130 cm³/mol. The number of carbonyl (C=O) groups is 1. The molecular formula is C28H27F2NOS. The third-order valence-corrected chi connectivity index (χ3v) is 8.78. The lowest BCUT2D eigenvalue weighted by molar-refractivity contribution is 0.0971. The Balaban J connectivity index is 1.22. The largest absolute Gasteiger partial charge is 0.303 e. The second-order valence-corrected chi connectivity index (χ2v) is 10.5. The van der Waals surface area contributed by atoms with Gasteiger partial charge in [0.1, 0.15) is 11.6 Å². The summed E-state index contributed by atoms with van der Waals surface area (Å²) in [6.45, 7) is 2.75. The minimum Gasteiger partial charge on any atom is -0.303 e. The molecule has 0 aromatic heterocycles. The molecule has 0 bridgehead atoms. The first-order chi connectivity index (χ1) is 16.0. The lowest BCUT2D eigenvalue weighted by Crippen LogP contribution is -2.40. The van der Waals surface area contributed by atoms with Crippen LogP contribution in [-0.4, -0.2) is 30.3 Å². The van der Waals surface area contributed by atoms with E-state index in [0.717, 1.165) is 44.5 Å². The lowest BCUT2D eigenvalue weighted by atomic mass is 9.84. The van der Waals surface area contributed by atoms with E-state index in [4.69, 9.17) is 0 Å². The number of rotatable bonds is 6. The molecule has 1 saturated heterocycles. The van der Waals surface area contributed by atoms with Crippen LogP contribution >= 0.6 is 11.8 Å². The van der Waals surface area contributed by atoms with Crippen LogP contribution in [0, 0.1) is 11.6 Å². The van der Waals surface area contributed by atoms with Gasteiger partial charge in [-0.15, -0.1) is 11.8 Å². The highest BCUT2D eigenvalue weighted by atomic mass is 32.2. The van der Waals surface area contributed by atoms with Crippen LogP contribution in [0.5, 0.6) is 0 Å². The Hall–Kier alpha value is -2.50. The first-order valence-corrected chi connectivity index (χ1v) is 12.5. The normalized spacial score (nSPS) is 19.5. The van der Waals surface area contributed by atoms with E-state index in [1.54, 1.807) is 24.3 Å². The number of hydrogen-bond acceptors (Lipinski definition) is 3. The first kappa shape index (κ1) is 22.3. The SMILES string of the molecule is O=C(CCCN1CCC2(CC1)SC(c1ccccc1)c1ccc(F)cc12)c1ccc(F)cc1. The molecule has 0 radical (unpaired) electrons. The van der Waals surface area contributed by atoms with Crippen LogP contribution in [0.4, 0.5) is 8.78 Å². The summed E-state index contributed by atoms with van der Waals surface area (Å²) in [5.41, 5.74) is 4.24. The number of hydrogen-bond donors (Lipinski definition) is 0. The topological polar surface area (TPSA) is 20.3 Å². The molecule has 3 aromatic carbocycles. The molecule has 1 spiro atoms. The van der Waals surface area contributed by atoms with Gasteiger partial charge >= 0.3 is 0 Å². The number of likely N-dealkylation sites (tertiary alicyclic amines) is 1. The fourth-order valence-corrected chi connectivity index (χ4v) is 6.95. The summed E-state index contributed by atoms with van der Waals surface area (Å²) in [6, 6.07) is 21.6. The maximum absolute atomic E-state index is 14.2. The van der Waals surface area contributed by atoms with Crippen LogP contribution in [0.2, 0.25) is 0 Å². The van der Waals surface area contributed by atoms with E-state index in [9.17, 15) is 13.6 Å². The maximum Gasteiger partial charge on any atom is 0.162 e. The minimum atomic E-state index is -0.325. The number of ketones is 1. The average molecular weight is 464 g/mol. The fraction of sp³-hybridized carbons (Fsp3) is 0.321. The van der Waals surface area contributed by atoms with E-state index in [0.29, 0.717) is 12.0 Å². The summed E-state index contributed by atoms with van der Waals surface area (Å²) in [6.07, 6.45) is 3.20. The summed E-state index contributed by atoms with van der Waals surface area (Å²) in [5, 5.41) is 0.238. The van der Waals surface area contributed by atoms with Gasteiger partial charge in [-0.3, -0.25) is 4.79 Å². The van der Waals surface area contributed by atoms with Crippen molar-refractivity contribution in [2.75, 3.05) is 19.6 Å². The molecule has 2 heterocycles. The summed E-state index contributed by atoms with van der Waals surface area (Å²) in [7, 11) is 0. The smallest absolute Gasteiger partial charge is 0.162 e. The number of nitrogens with zero attached hydrogens (tertiary/aromatic N) is 1. The molecule has 2 nitrogen and oxygen atoms in total. The van der Waals surface area contributed by atoms with Gasteiger partial charge in [0.25, 0.3) is 0 Å². The Bertz CT molecular complexity index is 1120. The molecule has 3 aromatic rings. The third-order valence-electron chi connectivity index (χ3n) is 6.94. The zero-order chi connectivity index (χ0) is 22.8. The molecule has 1 unspecified atom stereocenters. The van der Waals surface area contributed by atoms with Crippen LogP contribution in [0.15, 0.2) is 72.8 Å². The molecule has 5 rings (SSSR count).